The number of hydrogen-bond acceptors (Lipinski definition) is 4. The van der Waals surface area contributed by atoms with Crippen LogP contribution in [0.3, 0.4) is 0 Å². The molecule has 0 unspecified atom stereocenters. The van der Waals surface area contributed by atoms with Crippen LogP contribution in [0, 0.1) is 0 Å². The molecule has 0 radical (unpaired) electrons. The molecule has 146 valence electrons. The summed E-state index contributed by atoms with van der Waals surface area (Å²) < 4.78 is 38.9. The van der Waals surface area contributed by atoms with E-state index in [4.69, 9.17) is 9.47 Å². The monoisotopic (exact) mass is 397 g/mol. The molecular formula is C22H23NO4S. The zero-order valence-electron chi connectivity index (χ0n) is 16.1. The van der Waals surface area contributed by atoms with Crippen LogP contribution in [0.15, 0.2) is 83.8 Å². The standard InChI is InChI=1S/C22H23NO4S/c1-17(18-7-5-4-6-8-18)23(19-9-11-20(26-2)12-10-19)28(24,25)22-15-13-21(27-3)14-16-22/h4-17H,1-3H3/t17-/m1/s1. The van der Waals surface area contributed by atoms with Crippen molar-refractivity contribution in [2.45, 2.75) is 17.9 Å². The molecule has 0 N–H and O–H groups in total. The van der Waals surface area contributed by atoms with E-state index in [9.17, 15) is 8.42 Å². The molecule has 0 aliphatic rings. The van der Waals surface area contributed by atoms with Gasteiger partial charge in [0.2, 0.25) is 0 Å². The van der Waals surface area contributed by atoms with Crippen molar-refractivity contribution in [1.29, 1.82) is 0 Å². The second kappa shape index (κ2) is 8.35. The summed E-state index contributed by atoms with van der Waals surface area (Å²) in [4.78, 5) is 0.201. The van der Waals surface area contributed by atoms with Crippen molar-refractivity contribution in [3.05, 3.63) is 84.4 Å². The van der Waals surface area contributed by atoms with E-state index in [1.54, 1.807) is 62.8 Å². The van der Waals surface area contributed by atoms with E-state index in [0.29, 0.717) is 17.2 Å². The summed E-state index contributed by atoms with van der Waals surface area (Å²) >= 11 is 0. The molecule has 0 aliphatic heterocycles. The third kappa shape index (κ3) is 3.97. The van der Waals surface area contributed by atoms with E-state index in [1.807, 2.05) is 37.3 Å². The Bertz CT molecular complexity index is 1000. The van der Waals surface area contributed by atoms with Gasteiger partial charge >= 0.3 is 0 Å². The van der Waals surface area contributed by atoms with Gasteiger partial charge < -0.3 is 9.47 Å². The predicted octanol–water partition coefficient (Wildman–Crippen LogP) is 4.66. The van der Waals surface area contributed by atoms with Crippen LogP contribution in [0.4, 0.5) is 5.69 Å². The van der Waals surface area contributed by atoms with Crippen molar-refractivity contribution in [3.8, 4) is 11.5 Å². The predicted molar refractivity (Wildman–Crippen MR) is 111 cm³/mol. The Morgan fingerprint density at radius 2 is 1.25 bits per heavy atom. The topological polar surface area (TPSA) is 55.8 Å². The van der Waals surface area contributed by atoms with Gasteiger partial charge in [-0.2, -0.15) is 0 Å². The fraction of sp³-hybridized carbons (Fsp3) is 0.182. The van der Waals surface area contributed by atoms with Gasteiger partial charge in [0.1, 0.15) is 11.5 Å². The molecule has 3 aromatic carbocycles. The molecule has 0 bridgehead atoms. The van der Waals surface area contributed by atoms with E-state index in [2.05, 4.69) is 0 Å². The first-order valence-electron chi connectivity index (χ1n) is 8.85. The van der Waals surface area contributed by atoms with E-state index >= 15 is 0 Å². The zero-order valence-corrected chi connectivity index (χ0v) is 16.9. The van der Waals surface area contributed by atoms with Crippen molar-refractivity contribution >= 4 is 15.7 Å². The summed E-state index contributed by atoms with van der Waals surface area (Å²) in [5.74, 6) is 1.27. The van der Waals surface area contributed by atoms with Gasteiger partial charge in [-0.1, -0.05) is 30.3 Å². The molecule has 0 amide bonds. The number of rotatable bonds is 7. The molecule has 0 aromatic heterocycles. The van der Waals surface area contributed by atoms with Gasteiger partial charge in [-0.05, 0) is 61.0 Å². The lowest BCUT2D eigenvalue weighted by Gasteiger charge is -2.31. The molecule has 0 heterocycles. The van der Waals surface area contributed by atoms with Crippen molar-refractivity contribution in [1.82, 2.24) is 0 Å². The summed E-state index contributed by atoms with van der Waals surface area (Å²) in [5, 5.41) is 0. The Hall–Kier alpha value is -2.99. The highest BCUT2D eigenvalue weighted by atomic mass is 32.2. The third-order valence-electron chi connectivity index (χ3n) is 4.58. The zero-order chi connectivity index (χ0) is 20.1. The lowest BCUT2D eigenvalue weighted by atomic mass is 10.1. The molecule has 0 aliphatic carbocycles. The molecule has 0 saturated carbocycles. The molecule has 28 heavy (non-hydrogen) atoms. The van der Waals surface area contributed by atoms with Crippen LogP contribution in [-0.2, 0) is 10.0 Å². The van der Waals surface area contributed by atoms with Crippen LogP contribution in [-0.4, -0.2) is 22.6 Å². The Kier molecular flexibility index (Phi) is 5.90. The van der Waals surface area contributed by atoms with Gasteiger partial charge in [0.25, 0.3) is 10.0 Å². The van der Waals surface area contributed by atoms with Gasteiger partial charge in [0.15, 0.2) is 0 Å². The molecule has 0 spiro atoms. The Labute approximate surface area is 166 Å². The average Bonchev–Trinajstić information content (AvgIpc) is 2.75. The minimum Gasteiger partial charge on any atom is -0.497 e. The van der Waals surface area contributed by atoms with Crippen LogP contribution in [0.1, 0.15) is 18.5 Å². The maximum atomic E-state index is 13.6. The molecule has 0 saturated heterocycles. The molecule has 3 rings (SSSR count). The lowest BCUT2D eigenvalue weighted by Crippen LogP contribution is -2.33. The second-order valence-electron chi connectivity index (χ2n) is 6.26. The fourth-order valence-electron chi connectivity index (χ4n) is 3.03. The highest BCUT2D eigenvalue weighted by molar-refractivity contribution is 7.92. The third-order valence-corrected chi connectivity index (χ3v) is 6.49. The second-order valence-corrected chi connectivity index (χ2v) is 8.08. The Balaban J connectivity index is 2.10. The number of ether oxygens (including phenoxy) is 2. The van der Waals surface area contributed by atoms with E-state index in [1.165, 1.54) is 4.31 Å². The number of nitrogens with zero attached hydrogens (tertiary/aromatic N) is 1. The molecule has 6 heteroatoms. The number of methoxy groups -OCH3 is 2. The van der Waals surface area contributed by atoms with Crippen LogP contribution >= 0.6 is 0 Å². The van der Waals surface area contributed by atoms with E-state index in [0.717, 1.165) is 5.56 Å². The van der Waals surface area contributed by atoms with Crippen LogP contribution < -0.4 is 13.8 Å². The van der Waals surface area contributed by atoms with Gasteiger partial charge in [0.05, 0.1) is 30.8 Å². The number of benzene rings is 3. The van der Waals surface area contributed by atoms with Gasteiger partial charge in [0, 0.05) is 0 Å². The highest BCUT2D eigenvalue weighted by Crippen LogP contribution is 2.34. The summed E-state index contributed by atoms with van der Waals surface area (Å²) in [6, 6.07) is 22.6. The van der Waals surface area contributed by atoms with Crippen molar-refractivity contribution in [2.75, 3.05) is 18.5 Å². The first kappa shape index (κ1) is 19.8. The molecular weight excluding hydrogens is 374 g/mol. The number of sulfonamides is 1. The number of anilines is 1. The summed E-state index contributed by atoms with van der Waals surface area (Å²) in [7, 11) is -0.686. The van der Waals surface area contributed by atoms with Gasteiger partial charge in [-0.15, -0.1) is 0 Å². The SMILES string of the molecule is COc1ccc(N([C@H](C)c2ccccc2)S(=O)(=O)c2ccc(OC)cc2)cc1. The molecule has 5 nitrogen and oxygen atoms in total. The minimum absolute atomic E-state index is 0.201. The molecule has 0 fully saturated rings. The van der Waals surface area contributed by atoms with Crippen LogP contribution in [0.25, 0.3) is 0 Å². The Morgan fingerprint density at radius 3 is 1.75 bits per heavy atom. The Morgan fingerprint density at radius 1 is 0.750 bits per heavy atom. The quantitative estimate of drug-likeness (QED) is 0.582. The first-order chi connectivity index (χ1) is 13.5. The molecule has 3 aromatic rings. The average molecular weight is 397 g/mol. The summed E-state index contributed by atoms with van der Waals surface area (Å²) in [6.45, 7) is 1.88. The maximum Gasteiger partial charge on any atom is 0.264 e. The first-order valence-corrected chi connectivity index (χ1v) is 10.3. The van der Waals surface area contributed by atoms with Crippen molar-refractivity contribution in [3.63, 3.8) is 0 Å². The maximum absolute atomic E-state index is 13.6. The van der Waals surface area contributed by atoms with Gasteiger partial charge in [-0.25, -0.2) is 8.42 Å². The normalized spacial score (nSPS) is 12.2. The van der Waals surface area contributed by atoms with Gasteiger partial charge in [-0.3, -0.25) is 4.31 Å². The minimum atomic E-state index is -3.81. The highest BCUT2D eigenvalue weighted by Gasteiger charge is 2.30. The number of hydrogen-bond donors (Lipinski definition) is 0. The lowest BCUT2D eigenvalue weighted by molar-refractivity contribution is 0.414. The smallest absolute Gasteiger partial charge is 0.264 e. The van der Waals surface area contributed by atoms with E-state index in [-0.39, 0.29) is 4.90 Å². The van der Waals surface area contributed by atoms with Crippen LogP contribution in [0.2, 0.25) is 0 Å². The molecule has 1 atom stereocenters. The summed E-state index contributed by atoms with van der Waals surface area (Å²) in [6.07, 6.45) is 0. The van der Waals surface area contributed by atoms with Crippen LogP contribution in [0.5, 0.6) is 11.5 Å². The van der Waals surface area contributed by atoms with E-state index < -0.39 is 16.1 Å². The van der Waals surface area contributed by atoms with Crippen molar-refractivity contribution < 1.29 is 17.9 Å². The van der Waals surface area contributed by atoms with Crippen molar-refractivity contribution in [2.24, 2.45) is 0 Å². The summed E-state index contributed by atoms with van der Waals surface area (Å²) in [5.41, 5.74) is 1.46. The fourth-order valence-corrected chi connectivity index (χ4v) is 4.67. The largest absolute Gasteiger partial charge is 0.497 e.